The van der Waals surface area contributed by atoms with Crippen molar-refractivity contribution in [3.8, 4) is 0 Å². The van der Waals surface area contributed by atoms with Gasteiger partial charge in [-0.25, -0.2) is 0 Å². The monoisotopic (exact) mass is 306 g/mol. The molecule has 10 heteroatoms. The number of rotatable bonds is 5. The van der Waals surface area contributed by atoms with E-state index in [0.29, 0.717) is 4.90 Å². The van der Waals surface area contributed by atoms with Crippen LogP contribution in [0.3, 0.4) is 0 Å². The van der Waals surface area contributed by atoms with Gasteiger partial charge in [0.1, 0.15) is 17.8 Å². The van der Waals surface area contributed by atoms with Gasteiger partial charge in [-0.05, 0) is 19.1 Å². The molecule has 0 radical (unpaired) electrons. The van der Waals surface area contributed by atoms with Gasteiger partial charge >= 0.3 is 11.9 Å². The van der Waals surface area contributed by atoms with Crippen LogP contribution in [0.25, 0.3) is 0 Å². The number of nitrogens with zero attached hydrogens (tertiary/aromatic N) is 2. The number of benzene rings is 1. The van der Waals surface area contributed by atoms with Crippen LogP contribution in [0.2, 0.25) is 0 Å². The summed E-state index contributed by atoms with van der Waals surface area (Å²) in [5, 5.41) is 11.0. The van der Waals surface area contributed by atoms with E-state index in [-0.39, 0.29) is 12.2 Å². The molecular weight excluding hydrogens is 293 g/mol. The Hall–Kier alpha value is -2.36. The molecule has 0 atom stereocenters. The van der Waals surface area contributed by atoms with E-state index >= 15 is 0 Å². The summed E-state index contributed by atoms with van der Waals surface area (Å²) in [6, 6.07) is 3.62. The van der Waals surface area contributed by atoms with Crippen LogP contribution >= 0.6 is 0 Å². The standard InChI is InChI=1S/C11H13F3N4O3/c1-2-17(6-11(12,13)14)10(19)7-4-3-5-8(16-15)9(7)18(20)21/h3-5,16H,2,6,15H2,1H3. The molecule has 1 rings (SSSR count). The highest BCUT2D eigenvalue weighted by Crippen LogP contribution is 2.29. The van der Waals surface area contributed by atoms with E-state index in [1.54, 1.807) is 0 Å². The number of hydrazine groups is 1. The lowest BCUT2D eigenvalue weighted by atomic mass is 10.1. The maximum Gasteiger partial charge on any atom is 0.406 e. The lowest BCUT2D eigenvalue weighted by Gasteiger charge is -2.22. The third-order valence-corrected chi connectivity index (χ3v) is 2.64. The summed E-state index contributed by atoms with van der Waals surface area (Å²) in [5.41, 5.74) is 0.766. The van der Waals surface area contributed by atoms with Crippen LogP contribution in [0, 0.1) is 10.1 Å². The second-order valence-electron chi connectivity index (χ2n) is 4.04. The maximum absolute atomic E-state index is 12.4. The van der Waals surface area contributed by atoms with E-state index in [9.17, 15) is 28.1 Å². The summed E-state index contributed by atoms with van der Waals surface area (Å²) in [5.74, 6) is 4.02. The minimum Gasteiger partial charge on any atom is -0.330 e. The number of anilines is 1. The number of nitro groups is 1. The number of hydrogen-bond acceptors (Lipinski definition) is 5. The number of nitrogens with one attached hydrogen (secondary N) is 1. The van der Waals surface area contributed by atoms with E-state index < -0.39 is 34.8 Å². The van der Waals surface area contributed by atoms with Gasteiger partial charge in [0.25, 0.3) is 5.91 Å². The minimum absolute atomic E-state index is 0.158. The van der Waals surface area contributed by atoms with Crippen molar-refractivity contribution in [2.45, 2.75) is 13.1 Å². The average Bonchev–Trinajstić information content (AvgIpc) is 2.41. The molecule has 0 aromatic heterocycles. The summed E-state index contributed by atoms with van der Waals surface area (Å²) < 4.78 is 37.2. The zero-order valence-corrected chi connectivity index (χ0v) is 11.0. The van der Waals surface area contributed by atoms with Gasteiger partial charge in [0, 0.05) is 6.54 Å². The van der Waals surface area contributed by atoms with Gasteiger partial charge in [-0.3, -0.25) is 20.8 Å². The molecule has 1 aromatic carbocycles. The van der Waals surface area contributed by atoms with Crippen molar-refractivity contribution >= 4 is 17.3 Å². The van der Waals surface area contributed by atoms with E-state index in [1.165, 1.54) is 19.1 Å². The van der Waals surface area contributed by atoms with Crippen molar-refractivity contribution in [3.63, 3.8) is 0 Å². The van der Waals surface area contributed by atoms with E-state index in [0.717, 1.165) is 6.07 Å². The molecule has 1 amide bonds. The number of carbonyl (C=O) groups is 1. The number of nitro benzene ring substituents is 1. The fourth-order valence-corrected chi connectivity index (χ4v) is 1.74. The topological polar surface area (TPSA) is 102 Å². The average molecular weight is 306 g/mol. The van der Waals surface area contributed by atoms with Crippen molar-refractivity contribution in [1.82, 2.24) is 4.90 Å². The molecule has 0 bridgehead atoms. The van der Waals surface area contributed by atoms with E-state index in [2.05, 4.69) is 0 Å². The molecule has 0 fully saturated rings. The van der Waals surface area contributed by atoms with Crippen molar-refractivity contribution in [3.05, 3.63) is 33.9 Å². The van der Waals surface area contributed by atoms with Crippen LogP contribution in [0.15, 0.2) is 18.2 Å². The Bertz CT molecular complexity index is 548. The second-order valence-corrected chi connectivity index (χ2v) is 4.04. The van der Waals surface area contributed by atoms with Gasteiger partial charge < -0.3 is 10.3 Å². The summed E-state index contributed by atoms with van der Waals surface area (Å²) in [4.78, 5) is 22.7. The SMILES string of the molecule is CCN(CC(F)(F)F)C(=O)c1cccc(NN)c1[N+](=O)[O-]. The number of para-hydroxylation sites is 1. The van der Waals surface area contributed by atoms with Crippen LogP contribution in [-0.2, 0) is 0 Å². The largest absolute Gasteiger partial charge is 0.406 e. The zero-order chi connectivity index (χ0) is 16.2. The summed E-state index contributed by atoms with van der Waals surface area (Å²) in [7, 11) is 0. The van der Waals surface area contributed by atoms with Gasteiger partial charge in [-0.1, -0.05) is 6.07 Å². The molecule has 0 aliphatic rings. The molecule has 0 unspecified atom stereocenters. The highest BCUT2D eigenvalue weighted by molar-refractivity contribution is 6.00. The van der Waals surface area contributed by atoms with Crippen LogP contribution in [-0.4, -0.2) is 35.0 Å². The molecule has 0 aliphatic heterocycles. The Morgan fingerprint density at radius 1 is 1.48 bits per heavy atom. The van der Waals surface area contributed by atoms with Crippen LogP contribution < -0.4 is 11.3 Å². The fourth-order valence-electron chi connectivity index (χ4n) is 1.74. The lowest BCUT2D eigenvalue weighted by Crippen LogP contribution is -2.39. The summed E-state index contributed by atoms with van der Waals surface area (Å²) in [6.45, 7) is -0.379. The Balaban J connectivity index is 3.25. The molecule has 0 saturated heterocycles. The van der Waals surface area contributed by atoms with Gasteiger partial charge in [0.15, 0.2) is 0 Å². The number of carbonyl (C=O) groups excluding carboxylic acids is 1. The van der Waals surface area contributed by atoms with Gasteiger partial charge in [-0.15, -0.1) is 0 Å². The van der Waals surface area contributed by atoms with Gasteiger partial charge in [0.05, 0.1) is 4.92 Å². The van der Waals surface area contributed by atoms with Crippen LogP contribution in [0.5, 0.6) is 0 Å². The molecule has 1 aromatic rings. The van der Waals surface area contributed by atoms with Crippen molar-refractivity contribution in [2.24, 2.45) is 5.84 Å². The van der Waals surface area contributed by atoms with Gasteiger partial charge in [0.2, 0.25) is 0 Å². The minimum atomic E-state index is -4.59. The Morgan fingerprint density at radius 2 is 2.10 bits per heavy atom. The number of halogens is 3. The predicted molar refractivity (Wildman–Crippen MR) is 68.5 cm³/mol. The number of alkyl halides is 3. The second kappa shape index (κ2) is 6.39. The molecule has 0 spiro atoms. The highest BCUT2D eigenvalue weighted by Gasteiger charge is 2.35. The first-order valence-electron chi connectivity index (χ1n) is 5.81. The van der Waals surface area contributed by atoms with E-state index in [1.807, 2.05) is 5.43 Å². The number of nitrogen functional groups attached to an aromatic ring is 1. The highest BCUT2D eigenvalue weighted by atomic mass is 19.4. The van der Waals surface area contributed by atoms with E-state index in [4.69, 9.17) is 5.84 Å². The predicted octanol–water partition coefficient (Wildman–Crippen LogP) is 1.90. The molecule has 116 valence electrons. The number of hydrogen-bond donors (Lipinski definition) is 2. The smallest absolute Gasteiger partial charge is 0.330 e. The lowest BCUT2D eigenvalue weighted by molar-refractivity contribution is -0.384. The number of nitrogens with two attached hydrogens (primary N) is 1. The Morgan fingerprint density at radius 3 is 2.52 bits per heavy atom. The summed E-state index contributed by atoms with van der Waals surface area (Å²) >= 11 is 0. The molecule has 0 heterocycles. The van der Waals surface area contributed by atoms with Crippen LogP contribution in [0.4, 0.5) is 24.5 Å². The molecular formula is C11H13F3N4O3. The molecule has 7 nitrogen and oxygen atoms in total. The molecule has 3 N–H and O–H groups in total. The first kappa shape index (κ1) is 16.7. The summed E-state index contributed by atoms with van der Waals surface area (Å²) in [6.07, 6.45) is -4.59. The zero-order valence-electron chi connectivity index (χ0n) is 11.0. The maximum atomic E-state index is 12.4. The van der Waals surface area contributed by atoms with Crippen LogP contribution in [0.1, 0.15) is 17.3 Å². The van der Waals surface area contributed by atoms with Crippen molar-refractivity contribution in [2.75, 3.05) is 18.5 Å². The molecule has 0 aliphatic carbocycles. The first-order chi connectivity index (χ1) is 9.71. The Kier molecular flexibility index (Phi) is 5.08. The number of amides is 1. The fraction of sp³-hybridized carbons (Fsp3) is 0.364. The quantitative estimate of drug-likeness (QED) is 0.491. The third-order valence-electron chi connectivity index (χ3n) is 2.64. The molecule has 0 saturated carbocycles. The molecule has 21 heavy (non-hydrogen) atoms. The van der Waals surface area contributed by atoms with Crippen molar-refractivity contribution < 1.29 is 22.9 Å². The third kappa shape index (κ3) is 4.05. The first-order valence-corrected chi connectivity index (χ1v) is 5.81. The normalized spacial score (nSPS) is 11.1. The van der Waals surface area contributed by atoms with Crippen molar-refractivity contribution in [1.29, 1.82) is 0 Å². The Labute approximate surface area is 117 Å². The van der Waals surface area contributed by atoms with Gasteiger partial charge in [-0.2, -0.15) is 13.2 Å².